The zero-order valence-corrected chi connectivity index (χ0v) is 10.9. The van der Waals surface area contributed by atoms with Gasteiger partial charge in [-0.25, -0.2) is 4.98 Å². The van der Waals surface area contributed by atoms with Crippen molar-refractivity contribution in [3.05, 3.63) is 16.5 Å². The highest BCUT2D eigenvalue weighted by molar-refractivity contribution is 7.71. The molecular weight excluding hydrogens is 230 g/mol. The van der Waals surface area contributed by atoms with Crippen molar-refractivity contribution in [2.24, 2.45) is 0 Å². The van der Waals surface area contributed by atoms with Crippen molar-refractivity contribution in [1.29, 1.82) is 0 Å². The van der Waals surface area contributed by atoms with Gasteiger partial charge in [0.2, 0.25) is 0 Å². The molecule has 0 aromatic carbocycles. The summed E-state index contributed by atoms with van der Waals surface area (Å²) in [5.41, 5.74) is 0. The van der Waals surface area contributed by atoms with Crippen LogP contribution in [-0.4, -0.2) is 16.0 Å². The second-order valence-electron chi connectivity index (χ2n) is 5.27. The number of hydrogen-bond acceptors (Lipinski definition) is 3. The second kappa shape index (κ2) is 4.77. The van der Waals surface area contributed by atoms with E-state index in [0.29, 0.717) is 16.6 Å². The molecule has 0 saturated heterocycles. The van der Waals surface area contributed by atoms with E-state index in [0.717, 1.165) is 11.6 Å². The van der Waals surface area contributed by atoms with Crippen LogP contribution < -0.4 is 5.32 Å². The highest BCUT2D eigenvalue weighted by atomic mass is 32.1. The van der Waals surface area contributed by atoms with Crippen molar-refractivity contribution in [1.82, 2.24) is 9.97 Å². The molecule has 3 rings (SSSR count). The molecule has 3 nitrogen and oxygen atoms in total. The molecule has 0 radical (unpaired) electrons. The maximum absolute atomic E-state index is 5.26. The zero-order chi connectivity index (χ0) is 11.7. The van der Waals surface area contributed by atoms with Crippen LogP contribution >= 0.6 is 12.2 Å². The number of aromatic amines is 1. The van der Waals surface area contributed by atoms with Gasteiger partial charge in [0.15, 0.2) is 0 Å². The van der Waals surface area contributed by atoms with E-state index in [2.05, 4.69) is 15.3 Å². The molecule has 1 heterocycles. The average molecular weight is 249 g/mol. The molecule has 0 bridgehead atoms. The van der Waals surface area contributed by atoms with E-state index in [1.807, 2.05) is 6.07 Å². The van der Waals surface area contributed by atoms with Crippen LogP contribution in [0.25, 0.3) is 0 Å². The summed E-state index contributed by atoms with van der Waals surface area (Å²) in [7, 11) is 0. The van der Waals surface area contributed by atoms with E-state index >= 15 is 0 Å². The first kappa shape index (κ1) is 11.2. The molecule has 2 fully saturated rings. The maximum Gasteiger partial charge on any atom is 0.131 e. The van der Waals surface area contributed by atoms with Gasteiger partial charge in [0.1, 0.15) is 16.3 Å². The third kappa shape index (κ3) is 2.86. The Balaban J connectivity index is 1.81. The lowest BCUT2D eigenvalue weighted by atomic mass is 9.89. The van der Waals surface area contributed by atoms with Gasteiger partial charge in [-0.3, -0.25) is 0 Å². The van der Waals surface area contributed by atoms with Crippen molar-refractivity contribution in [3.63, 3.8) is 0 Å². The summed E-state index contributed by atoms with van der Waals surface area (Å²) < 4.78 is 0.715. The molecule has 1 aromatic rings. The number of nitrogens with zero attached hydrogens (tertiary/aromatic N) is 1. The Hall–Kier alpha value is -0.900. The lowest BCUT2D eigenvalue weighted by Gasteiger charge is -2.21. The quantitative estimate of drug-likeness (QED) is 0.801. The summed E-state index contributed by atoms with van der Waals surface area (Å²) in [6, 6.07) is 2.60. The number of H-pyrrole nitrogens is 1. The maximum atomic E-state index is 5.26. The third-order valence-corrected chi connectivity index (χ3v) is 3.90. The molecule has 2 aliphatic carbocycles. The summed E-state index contributed by atoms with van der Waals surface area (Å²) in [6.07, 6.45) is 9.09. The first-order valence-electron chi connectivity index (χ1n) is 6.69. The number of aromatic nitrogens is 2. The fourth-order valence-electron chi connectivity index (χ4n) is 2.57. The topological polar surface area (TPSA) is 40.7 Å². The summed E-state index contributed by atoms with van der Waals surface area (Å²) >= 11 is 5.26. The van der Waals surface area contributed by atoms with Gasteiger partial charge in [0.25, 0.3) is 0 Å². The second-order valence-corrected chi connectivity index (χ2v) is 5.69. The molecule has 2 aliphatic rings. The molecule has 0 aliphatic heterocycles. The standard InChI is InChI=1S/C13H19N3S/c17-12-8-11(14-10-6-7-10)15-13(16-12)9-4-2-1-3-5-9/h8-10H,1-7H2,(H2,14,15,16,17). The minimum Gasteiger partial charge on any atom is -0.369 e. The number of rotatable bonds is 3. The van der Waals surface area contributed by atoms with E-state index in [9.17, 15) is 0 Å². The molecule has 92 valence electrons. The molecule has 2 saturated carbocycles. The van der Waals surface area contributed by atoms with Crippen molar-refractivity contribution in [3.8, 4) is 0 Å². The van der Waals surface area contributed by atoms with Gasteiger partial charge >= 0.3 is 0 Å². The first-order chi connectivity index (χ1) is 8.31. The van der Waals surface area contributed by atoms with Crippen LogP contribution in [0.1, 0.15) is 56.7 Å². The summed E-state index contributed by atoms with van der Waals surface area (Å²) in [6.45, 7) is 0. The number of nitrogens with one attached hydrogen (secondary N) is 2. The van der Waals surface area contributed by atoms with Crippen LogP contribution in [-0.2, 0) is 0 Å². The zero-order valence-electron chi connectivity index (χ0n) is 10.0. The molecule has 0 unspecified atom stereocenters. The molecule has 0 spiro atoms. The minimum absolute atomic E-state index is 0.589. The highest BCUT2D eigenvalue weighted by Crippen LogP contribution is 2.31. The van der Waals surface area contributed by atoms with Gasteiger partial charge in [0, 0.05) is 18.0 Å². The van der Waals surface area contributed by atoms with Gasteiger partial charge in [-0.1, -0.05) is 31.5 Å². The van der Waals surface area contributed by atoms with Gasteiger partial charge in [-0.05, 0) is 25.7 Å². The highest BCUT2D eigenvalue weighted by Gasteiger charge is 2.22. The Morgan fingerprint density at radius 2 is 1.94 bits per heavy atom. The Morgan fingerprint density at radius 3 is 2.65 bits per heavy atom. The molecule has 1 aromatic heterocycles. The lowest BCUT2D eigenvalue weighted by molar-refractivity contribution is 0.428. The van der Waals surface area contributed by atoms with E-state index in [1.165, 1.54) is 44.9 Å². The predicted octanol–water partition coefficient (Wildman–Crippen LogP) is 3.76. The van der Waals surface area contributed by atoms with Crippen LogP contribution in [0, 0.1) is 4.64 Å². The molecule has 0 atom stereocenters. The van der Waals surface area contributed by atoms with E-state index in [4.69, 9.17) is 12.2 Å². The average Bonchev–Trinajstić information content (AvgIpc) is 3.13. The SMILES string of the molecule is S=c1cc(NC2CC2)[nH]c(C2CCCCC2)n1. The largest absolute Gasteiger partial charge is 0.369 e. The van der Waals surface area contributed by atoms with E-state index in [-0.39, 0.29) is 0 Å². The number of hydrogen-bond donors (Lipinski definition) is 2. The first-order valence-corrected chi connectivity index (χ1v) is 7.10. The van der Waals surface area contributed by atoms with Crippen LogP contribution in [0.3, 0.4) is 0 Å². The van der Waals surface area contributed by atoms with Crippen LogP contribution in [0.15, 0.2) is 6.07 Å². The minimum atomic E-state index is 0.589. The Bertz CT molecular complexity index is 444. The lowest BCUT2D eigenvalue weighted by Crippen LogP contribution is -2.11. The van der Waals surface area contributed by atoms with Crippen molar-refractivity contribution < 1.29 is 0 Å². The summed E-state index contributed by atoms with van der Waals surface area (Å²) in [5, 5.41) is 3.47. The molecule has 4 heteroatoms. The van der Waals surface area contributed by atoms with Crippen molar-refractivity contribution in [2.75, 3.05) is 5.32 Å². The van der Waals surface area contributed by atoms with Crippen molar-refractivity contribution >= 4 is 18.0 Å². The van der Waals surface area contributed by atoms with Crippen LogP contribution in [0.4, 0.5) is 5.82 Å². The Labute approximate surface area is 107 Å². The molecule has 0 amide bonds. The normalized spacial score (nSPS) is 21.4. The Kier molecular flexibility index (Phi) is 3.14. The van der Waals surface area contributed by atoms with Crippen LogP contribution in [0.2, 0.25) is 0 Å². The van der Waals surface area contributed by atoms with Gasteiger partial charge in [0.05, 0.1) is 0 Å². The smallest absolute Gasteiger partial charge is 0.131 e. The van der Waals surface area contributed by atoms with Gasteiger partial charge in [-0.2, -0.15) is 0 Å². The van der Waals surface area contributed by atoms with Gasteiger partial charge < -0.3 is 10.3 Å². The predicted molar refractivity (Wildman–Crippen MR) is 71.9 cm³/mol. The van der Waals surface area contributed by atoms with Gasteiger partial charge in [-0.15, -0.1) is 0 Å². The third-order valence-electron chi connectivity index (χ3n) is 3.69. The van der Waals surface area contributed by atoms with Crippen molar-refractivity contribution in [2.45, 2.75) is 56.9 Å². The van der Waals surface area contributed by atoms with E-state index < -0.39 is 0 Å². The fourth-order valence-corrected chi connectivity index (χ4v) is 2.79. The molecule has 2 N–H and O–H groups in total. The summed E-state index contributed by atoms with van der Waals surface area (Å²) in [5.74, 6) is 2.75. The monoisotopic (exact) mass is 249 g/mol. The molecular formula is C13H19N3S. The Morgan fingerprint density at radius 1 is 1.18 bits per heavy atom. The summed E-state index contributed by atoms with van der Waals surface area (Å²) in [4.78, 5) is 7.94. The fraction of sp³-hybridized carbons (Fsp3) is 0.692. The number of anilines is 1. The van der Waals surface area contributed by atoms with Crippen LogP contribution in [0.5, 0.6) is 0 Å². The molecule has 17 heavy (non-hydrogen) atoms. The van der Waals surface area contributed by atoms with E-state index in [1.54, 1.807) is 0 Å².